The van der Waals surface area contributed by atoms with Gasteiger partial charge in [-0.05, 0) is 37.7 Å². The highest BCUT2D eigenvalue weighted by Gasteiger charge is 2.18. The van der Waals surface area contributed by atoms with Crippen molar-refractivity contribution in [2.24, 2.45) is 0 Å². The van der Waals surface area contributed by atoms with Crippen molar-refractivity contribution in [3.8, 4) is 6.07 Å². The molecule has 0 radical (unpaired) electrons. The Labute approximate surface area is 117 Å². The molecule has 0 atom stereocenters. The van der Waals surface area contributed by atoms with E-state index in [0.29, 0.717) is 11.8 Å². The molecule has 1 aromatic heterocycles. The van der Waals surface area contributed by atoms with Crippen LogP contribution >= 0.6 is 11.8 Å². The number of hydrogen-bond acceptors (Lipinski definition) is 4. The van der Waals surface area contributed by atoms with Crippen molar-refractivity contribution in [3.63, 3.8) is 0 Å². The monoisotopic (exact) mass is 296 g/mol. The van der Waals surface area contributed by atoms with Crippen LogP contribution in [0.15, 0.2) is 27.0 Å². The quantitative estimate of drug-likeness (QED) is 0.944. The van der Waals surface area contributed by atoms with Crippen molar-refractivity contribution in [1.29, 1.82) is 5.26 Å². The molecule has 0 aliphatic carbocycles. The molecule has 8 heteroatoms. The van der Waals surface area contributed by atoms with E-state index in [1.165, 1.54) is 4.57 Å². The number of aromatic amines is 1. The first-order valence-electron chi connectivity index (χ1n) is 5.68. The smallest absolute Gasteiger partial charge is 0.267 e. The van der Waals surface area contributed by atoms with Crippen molar-refractivity contribution in [2.75, 3.05) is 0 Å². The minimum atomic E-state index is -0.864. The second kappa shape index (κ2) is 5.46. The maximum Gasteiger partial charge on any atom is 0.344 e. The topological polar surface area (TPSA) is 74.5 Å². The lowest BCUT2D eigenvalue weighted by molar-refractivity contribution is 0.525. The fourth-order valence-corrected chi connectivity index (χ4v) is 2.61. The Morgan fingerprint density at radius 1 is 1.40 bits per heavy atom. The van der Waals surface area contributed by atoms with E-state index < -0.39 is 17.3 Å². The third kappa shape index (κ3) is 2.58. The van der Waals surface area contributed by atoms with Gasteiger partial charge in [0.1, 0.15) is 11.6 Å². The Hall–Kier alpha value is -2.14. The van der Waals surface area contributed by atoms with Crippen LogP contribution in [0.2, 0.25) is 0 Å². The fraction of sp³-hybridized carbons (Fsp3) is 0.250. The zero-order chi connectivity index (χ0) is 14.9. The number of hydrogen-bond donors (Lipinski definition) is 1. The molecular weight excluding hydrogens is 286 g/mol. The summed E-state index contributed by atoms with van der Waals surface area (Å²) >= 11 is 0.697. The van der Waals surface area contributed by atoms with Crippen LogP contribution in [0.5, 0.6) is 0 Å². The van der Waals surface area contributed by atoms with E-state index in [1.807, 2.05) is 0 Å². The van der Waals surface area contributed by atoms with Crippen molar-refractivity contribution in [2.45, 2.75) is 29.9 Å². The first kappa shape index (κ1) is 14.3. The molecule has 0 saturated heterocycles. The average molecular weight is 296 g/mol. The van der Waals surface area contributed by atoms with Gasteiger partial charge in [-0.15, -0.1) is 5.10 Å². The van der Waals surface area contributed by atoms with Gasteiger partial charge in [0.25, 0.3) is 0 Å². The molecule has 1 heterocycles. The Morgan fingerprint density at radius 2 is 2.00 bits per heavy atom. The van der Waals surface area contributed by atoms with Gasteiger partial charge in [-0.1, -0.05) is 0 Å². The molecule has 104 valence electrons. The van der Waals surface area contributed by atoms with Gasteiger partial charge in [0.2, 0.25) is 0 Å². The molecule has 1 aromatic carbocycles. The van der Waals surface area contributed by atoms with Gasteiger partial charge < -0.3 is 0 Å². The van der Waals surface area contributed by atoms with E-state index in [0.717, 1.165) is 12.1 Å². The minimum Gasteiger partial charge on any atom is -0.267 e. The maximum absolute atomic E-state index is 13.8. The number of H-pyrrole nitrogens is 1. The molecule has 0 aliphatic heterocycles. The van der Waals surface area contributed by atoms with Gasteiger partial charge in [0.15, 0.2) is 5.16 Å². The standard InChI is InChI=1S/C12H10F2N4OS/c1-6(2)18-11(19)16-17-12(18)20-10-8(13)3-7(5-15)4-9(10)14/h3-4,6H,1-2H3,(H,16,19). The van der Waals surface area contributed by atoms with E-state index in [4.69, 9.17) is 5.26 Å². The van der Waals surface area contributed by atoms with Crippen LogP contribution in [0.3, 0.4) is 0 Å². The van der Waals surface area contributed by atoms with Gasteiger partial charge >= 0.3 is 5.69 Å². The third-order valence-corrected chi connectivity index (χ3v) is 3.57. The molecule has 20 heavy (non-hydrogen) atoms. The molecule has 0 spiro atoms. The van der Waals surface area contributed by atoms with Gasteiger partial charge in [-0.25, -0.2) is 18.7 Å². The predicted octanol–water partition coefficient (Wildman–Crippen LogP) is 2.45. The summed E-state index contributed by atoms with van der Waals surface area (Å²) in [5.74, 6) is -1.73. The Morgan fingerprint density at radius 3 is 2.50 bits per heavy atom. The number of rotatable bonds is 3. The Kier molecular flexibility index (Phi) is 3.90. The molecule has 0 amide bonds. The number of aromatic nitrogens is 3. The maximum atomic E-state index is 13.8. The van der Waals surface area contributed by atoms with Gasteiger partial charge in [0.05, 0.1) is 16.5 Å². The first-order valence-corrected chi connectivity index (χ1v) is 6.49. The van der Waals surface area contributed by atoms with Crippen molar-refractivity contribution in [3.05, 3.63) is 39.8 Å². The average Bonchev–Trinajstić information content (AvgIpc) is 2.74. The Bertz CT molecular complexity index is 722. The summed E-state index contributed by atoms with van der Waals surface area (Å²) in [6, 6.07) is 3.35. The van der Waals surface area contributed by atoms with Gasteiger partial charge in [-0.2, -0.15) is 5.26 Å². The number of nitrogens with one attached hydrogen (secondary N) is 1. The Balaban J connectivity index is 2.46. The number of benzene rings is 1. The number of halogens is 2. The van der Waals surface area contributed by atoms with Crippen LogP contribution in [-0.2, 0) is 0 Å². The lowest BCUT2D eigenvalue weighted by Gasteiger charge is -2.09. The molecule has 0 unspecified atom stereocenters. The molecule has 0 aliphatic rings. The van der Waals surface area contributed by atoms with E-state index >= 15 is 0 Å². The van der Waals surface area contributed by atoms with Gasteiger partial charge in [0, 0.05) is 6.04 Å². The molecule has 0 fully saturated rings. The fourth-order valence-electron chi connectivity index (χ4n) is 1.63. The second-order valence-electron chi connectivity index (χ2n) is 4.26. The van der Waals surface area contributed by atoms with Crippen molar-refractivity contribution < 1.29 is 8.78 Å². The molecule has 5 nitrogen and oxygen atoms in total. The van der Waals surface area contributed by atoms with Crippen LogP contribution in [-0.4, -0.2) is 14.8 Å². The first-order chi connectivity index (χ1) is 9.43. The normalized spacial score (nSPS) is 10.8. The van der Waals surface area contributed by atoms with Gasteiger partial charge in [-0.3, -0.25) is 4.57 Å². The summed E-state index contributed by atoms with van der Waals surface area (Å²) in [7, 11) is 0. The molecule has 2 aromatic rings. The van der Waals surface area contributed by atoms with E-state index in [2.05, 4.69) is 10.2 Å². The van der Waals surface area contributed by atoms with Crippen LogP contribution in [0.1, 0.15) is 25.5 Å². The summed E-state index contributed by atoms with van der Waals surface area (Å²) in [5.41, 5.74) is -0.551. The molecule has 0 saturated carbocycles. The summed E-state index contributed by atoms with van der Waals surface area (Å²) in [6.07, 6.45) is 0. The zero-order valence-corrected chi connectivity index (χ0v) is 11.5. The highest BCUT2D eigenvalue weighted by atomic mass is 32.2. The van der Waals surface area contributed by atoms with Crippen molar-refractivity contribution in [1.82, 2.24) is 14.8 Å². The van der Waals surface area contributed by atoms with Crippen LogP contribution in [0.4, 0.5) is 8.78 Å². The molecule has 1 N–H and O–H groups in total. The lowest BCUT2D eigenvalue weighted by Crippen LogP contribution is -2.19. The number of nitriles is 1. The largest absolute Gasteiger partial charge is 0.344 e. The lowest BCUT2D eigenvalue weighted by atomic mass is 10.2. The summed E-state index contributed by atoms with van der Waals surface area (Å²) < 4.78 is 28.9. The zero-order valence-electron chi connectivity index (χ0n) is 10.6. The molecule has 0 bridgehead atoms. The van der Waals surface area contributed by atoms with Crippen LogP contribution in [0.25, 0.3) is 0 Å². The molecule has 2 rings (SSSR count). The highest BCUT2D eigenvalue weighted by molar-refractivity contribution is 7.99. The third-order valence-electron chi connectivity index (χ3n) is 2.51. The molecular formula is C12H10F2N4OS. The minimum absolute atomic E-state index is 0.104. The summed E-state index contributed by atoms with van der Waals surface area (Å²) in [4.78, 5) is 11.2. The number of nitrogens with zero attached hydrogens (tertiary/aromatic N) is 3. The second-order valence-corrected chi connectivity index (χ2v) is 5.24. The van der Waals surface area contributed by atoms with Crippen molar-refractivity contribution >= 4 is 11.8 Å². The summed E-state index contributed by atoms with van der Waals surface area (Å²) in [5, 5.41) is 14.8. The SMILES string of the molecule is CC(C)n1c(Sc2c(F)cc(C#N)cc2F)n[nH]c1=O. The highest BCUT2D eigenvalue weighted by Crippen LogP contribution is 2.31. The van der Waals surface area contributed by atoms with E-state index in [1.54, 1.807) is 19.9 Å². The van der Waals surface area contributed by atoms with Crippen LogP contribution in [0, 0.1) is 23.0 Å². The van der Waals surface area contributed by atoms with Crippen LogP contribution < -0.4 is 5.69 Å². The van der Waals surface area contributed by atoms with E-state index in [-0.39, 0.29) is 21.7 Å². The summed E-state index contributed by atoms with van der Waals surface area (Å²) in [6.45, 7) is 3.51. The van der Waals surface area contributed by atoms with E-state index in [9.17, 15) is 13.6 Å². The predicted molar refractivity (Wildman–Crippen MR) is 68.4 cm³/mol.